The van der Waals surface area contributed by atoms with E-state index in [9.17, 15) is 9.59 Å². The van der Waals surface area contributed by atoms with E-state index in [2.05, 4.69) is 28.2 Å². The molecular weight excluding hydrogens is 367 g/mol. The van der Waals surface area contributed by atoms with E-state index in [-0.39, 0.29) is 6.04 Å². The van der Waals surface area contributed by atoms with Crippen LogP contribution in [0, 0.1) is 0 Å². The zero-order valence-corrected chi connectivity index (χ0v) is 14.5. The van der Waals surface area contributed by atoms with Crippen LogP contribution in [0.2, 0.25) is 10.0 Å². The third-order valence-corrected chi connectivity index (χ3v) is 4.25. The van der Waals surface area contributed by atoms with Crippen molar-refractivity contribution in [2.24, 2.45) is 0 Å². The van der Waals surface area contributed by atoms with Gasteiger partial charge in [-0.1, -0.05) is 29.3 Å². The Morgan fingerprint density at radius 2 is 1.80 bits per heavy atom. The van der Waals surface area contributed by atoms with Crippen molar-refractivity contribution in [1.29, 1.82) is 0 Å². The van der Waals surface area contributed by atoms with E-state index in [0.29, 0.717) is 22.2 Å². The van der Waals surface area contributed by atoms with Crippen LogP contribution >= 0.6 is 23.2 Å². The van der Waals surface area contributed by atoms with Crippen molar-refractivity contribution in [3.8, 4) is 0 Å². The molecule has 0 saturated carbocycles. The number of carboxylic acid groups (broad SMARTS) is 2. The Morgan fingerprint density at radius 1 is 1.12 bits per heavy atom. The minimum absolute atomic E-state index is 0.202. The Hall–Kier alpha value is -2.28. The Morgan fingerprint density at radius 3 is 2.40 bits per heavy atom. The molecule has 1 aliphatic rings. The first-order valence-electron chi connectivity index (χ1n) is 7.36. The fraction of sp³-hybridized carbons (Fsp3) is 0.176. The van der Waals surface area contributed by atoms with Crippen LogP contribution in [0.1, 0.15) is 17.3 Å². The highest BCUT2D eigenvalue weighted by Crippen LogP contribution is 2.30. The van der Waals surface area contributed by atoms with E-state index in [1.165, 1.54) is 5.69 Å². The number of carboxylic acids is 2. The molecule has 6 nitrogen and oxygen atoms in total. The third-order valence-electron chi connectivity index (χ3n) is 3.51. The minimum Gasteiger partial charge on any atom is -0.478 e. The van der Waals surface area contributed by atoms with Gasteiger partial charge in [-0.15, -0.1) is 0 Å². The van der Waals surface area contributed by atoms with Crippen molar-refractivity contribution >= 4 is 35.1 Å². The first kappa shape index (κ1) is 19.1. The smallest absolute Gasteiger partial charge is 0.328 e. The van der Waals surface area contributed by atoms with Crippen molar-refractivity contribution < 1.29 is 19.8 Å². The maximum absolute atomic E-state index is 9.55. The second-order valence-corrected chi connectivity index (χ2v) is 6.01. The molecule has 1 atom stereocenters. The number of benzene rings is 1. The lowest BCUT2D eigenvalue weighted by molar-refractivity contribution is -0.134. The van der Waals surface area contributed by atoms with Crippen LogP contribution in [-0.4, -0.2) is 33.3 Å². The molecule has 132 valence electrons. The van der Waals surface area contributed by atoms with Crippen LogP contribution in [0.3, 0.4) is 0 Å². The van der Waals surface area contributed by atoms with Gasteiger partial charge >= 0.3 is 11.9 Å². The average Bonchev–Trinajstić information content (AvgIpc) is 3.05. The van der Waals surface area contributed by atoms with Gasteiger partial charge in [0.15, 0.2) is 0 Å². The van der Waals surface area contributed by atoms with Gasteiger partial charge in [-0.2, -0.15) is 0 Å². The summed E-state index contributed by atoms with van der Waals surface area (Å²) in [5.74, 6) is -2.51. The van der Waals surface area contributed by atoms with Crippen molar-refractivity contribution in [2.75, 3.05) is 6.54 Å². The molecule has 8 heteroatoms. The number of aliphatic carboxylic acids is 2. The quantitative estimate of drug-likeness (QED) is 0.708. The maximum atomic E-state index is 9.55. The van der Waals surface area contributed by atoms with Gasteiger partial charge in [-0.3, -0.25) is 0 Å². The summed E-state index contributed by atoms with van der Waals surface area (Å²) in [5.41, 5.74) is 2.42. The number of nitrogens with zero attached hydrogens (tertiary/aromatic N) is 1. The molecule has 2 heterocycles. The largest absolute Gasteiger partial charge is 0.478 e. The van der Waals surface area contributed by atoms with Crippen molar-refractivity contribution in [3.05, 3.63) is 70.0 Å². The number of carbonyl (C=O) groups is 2. The van der Waals surface area contributed by atoms with Crippen LogP contribution in [0.5, 0.6) is 0 Å². The molecule has 0 bridgehead atoms. The highest BCUT2D eigenvalue weighted by atomic mass is 35.5. The first-order chi connectivity index (χ1) is 11.9. The monoisotopic (exact) mass is 382 g/mol. The van der Waals surface area contributed by atoms with Gasteiger partial charge in [0.2, 0.25) is 0 Å². The second kappa shape index (κ2) is 8.71. The number of aromatic nitrogens is 1. The summed E-state index contributed by atoms with van der Waals surface area (Å²) in [4.78, 5) is 19.1. The molecule has 2 aromatic rings. The van der Waals surface area contributed by atoms with Gasteiger partial charge in [-0.25, -0.2) is 9.59 Å². The Bertz CT molecular complexity index is 786. The molecule has 0 aliphatic carbocycles. The molecule has 0 radical (unpaired) electrons. The van der Waals surface area contributed by atoms with E-state index < -0.39 is 11.9 Å². The average molecular weight is 383 g/mol. The molecule has 1 unspecified atom stereocenters. The summed E-state index contributed by atoms with van der Waals surface area (Å²) in [5, 5.41) is 20.3. The Kier molecular flexibility index (Phi) is 6.64. The number of halogens is 2. The summed E-state index contributed by atoms with van der Waals surface area (Å²) in [6, 6.07) is 10.2. The van der Waals surface area contributed by atoms with Gasteiger partial charge in [0, 0.05) is 37.1 Å². The highest BCUT2D eigenvalue weighted by Gasteiger charge is 2.21. The van der Waals surface area contributed by atoms with Gasteiger partial charge in [0.25, 0.3) is 0 Å². The van der Waals surface area contributed by atoms with E-state index in [1.807, 2.05) is 18.2 Å². The summed E-state index contributed by atoms with van der Waals surface area (Å²) in [7, 11) is 0. The zero-order valence-electron chi connectivity index (χ0n) is 13.0. The number of hydrogen-bond donors (Lipinski definition) is 3. The molecule has 0 spiro atoms. The van der Waals surface area contributed by atoms with Gasteiger partial charge < -0.3 is 20.1 Å². The lowest BCUT2D eigenvalue weighted by Gasteiger charge is -2.27. The molecule has 0 amide bonds. The predicted octanol–water partition coefficient (Wildman–Crippen LogP) is 3.20. The van der Waals surface area contributed by atoms with E-state index in [0.717, 1.165) is 18.7 Å². The SMILES string of the molecule is Clc1ccc(C2NCCn3cccc32)cc1Cl.O=C(O)/C=C\C(=O)O. The van der Waals surface area contributed by atoms with Crippen molar-refractivity contribution in [1.82, 2.24) is 9.88 Å². The lowest BCUT2D eigenvalue weighted by atomic mass is 10.0. The summed E-state index contributed by atoms with van der Waals surface area (Å²) >= 11 is 12.0. The number of nitrogens with one attached hydrogen (secondary N) is 1. The molecular formula is C17H16Cl2N2O4. The second-order valence-electron chi connectivity index (χ2n) is 5.20. The van der Waals surface area contributed by atoms with Crippen molar-refractivity contribution in [3.63, 3.8) is 0 Å². The maximum Gasteiger partial charge on any atom is 0.328 e. The van der Waals surface area contributed by atoms with E-state index in [1.54, 1.807) is 0 Å². The van der Waals surface area contributed by atoms with Crippen LogP contribution in [0.4, 0.5) is 0 Å². The fourth-order valence-corrected chi connectivity index (χ4v) is 2.76. The van der Waals surface area contributed by atoms with Crippen molar-refractivity contribution in [2.45, 2.75) is 12.6 Å². The standard InChI is InChI=1S/C13H12Cl2N2.C4H4O4/c14-10-4-3-9(8-11(10)15)13-12-2-1-6-17(12)7-5-16-13;5-3(6)1-2-4(7)8/h1-4,6,8,13,16H,5,7H2;1-2H,(H,5,6)(H,7,8)/b;2-1-. The Balaban J connectivity index is 0.000000242. The molecule has 3 rings (SSSR count). The minimum atomic E-state index is -1.26. The molecule has 1 aromatic carbocycles. The summed E-state index contributed by atoms with van der Waals surface area (Å²) in [6.07, 6.45) is 3.23. The van der Waals surface area contributed by atoms with Gasteiger partial charge in [0.05, 0.1) is 16.1 Å². The van der Waals surface area contributed by atoms with Crippen LogP contribution < -0.4 is 5.32 Å². The fourth-order valence-electron chi connectivity index (χ4n) is 2.45. The normalized spacial score (nSPS) is 16.0. The number of hydrogen-bond acceptors (Lipinski definition) is 3. The van der Waals surface area contributed by atoms with Gasteiger partial charge in [-0.05, 0) is 29.8 Å². The van der Waals surface area contributed by atoms with Crippen LogP contribution in [-0.2, 0) is 16.1 Å². The molecule has 1 aliphatic heterocycles. The first-order valence-corrected chi connectivity index (χ1v) is 8.11. The highest BCUT2D eigenvalue weighted by molar-refractivity contribution is 6.42. The predicted molar refractivity (Wildman–Crippen MR) is 95.2 cm³/mol. The number of fused-ring (bicyclic) bond motifs is 1. The van der Waals surface area contributed by atoms with Gasteiger partial charge in [0.1, 0.15) is 0 Å². The number of rotatable bonds is 3. The summed E-state index contributed by atoms with van der Waals surface area (Å²) < 4.78 is 2.27. The third kappa shape index (κ3) is 5.35. The summed E-state index contributed by atoms with van der Waals surface area (Å²) in [6.45, 7) is 1.98. The molecule has 0 fully saturated rings. The van der Waals surface area contributed by atoms with Crippen LogP contribution in [0.25, 0.3) is 0 Å². The molecule has 25 heavy (non-hydrogen) atoms. The zero-order chi connectivity index (χ0) is 18.4. The topological polar surface area (TPSA) is 91.6 Å². The lowest BCUT2D eigenvalue weighted by Crippen LogP contribution is -2.33. The van der Waals surface area contributed by atoms with E-state index >= 15 is 0 Å². The van der Waals surface area contributed by atoms with E-state index in [4.69, 9.17) is 33.4 Å². The Labute approximate surface area is 154 Å². The van der Waals surface area contributed by atoms with Crippen LogP contribution in [0.15, 0.2) is 48.7 Å². The molecule has 1 aromatic heterocycles. The molecule has 0 saturated heterocycles. The molecule has 3 N–H and O–H groups in total.